The molecule has 166 valence electrons. The number of aliphatic hydroxyl groups is 1. The monoisotopic (exact) mass is 447 g/mol. The summed E-state index contributed by atoms with van der Waals surface area (Å²) in [6.45, 7) is 2.33. The number of ether oxygens (including phenoxy) is 1. The smallest absolute Gasteiger partial charge is 0.318 e. The Balaban J connectivity index is 1.41. The van der Waals surface area contributed by atoms with Crippen molar-refractivity contribution in [3.63, 3.8) is 0 Å². The number of carbonyl (C=O) groups excluding carboxylic acids is 1. The minimum absolute atomic E-state index is 0.00423. The first kappa shape index (κ1) is 22.0. The van der Waals surface area contributed by atoms with Crippen molar-refractivity contribution in [3.05, 3.63) is 63.7 Å². The highest BCUT2D eigenvalue weighted by molar-refractivity contribution is 6.30. The van der Waals surface area contributed by atoms with Gasteiger partial charge in [0.1, 0.15) is 5.82 Å². The van der Waals surface area contributed by atoms with Crippen LogP contribution in [0.15, 0.2) is 30.5 Å². The Morgan fingerprint density at radius 1 is 1.32 bits per heavy atom. The summed E-state index contributed by atoms with van der Waals surface area (Å²) < 4.78 is 19.2. The molecule has 0 saturated carbocycles. The highest BCUT2D eigenvalue weighted by Gasteiger charge is 2.25. The second kappa shape index (κ2) is 9.94. The number of aromatic nitrogens is 1. The van der Waals surface area contributed by atoms with Gasteiger partial charge in [-0.15, -0.1) is 0 Å². The lowest BCUT2D eigenvalue weighted by atomic mass is 9.93. The topological polar surface area (TPSA) is 74.7 Å². The zero-order valence-electron chi connectivity index (χ0n) is 17.3. The fourth-order valence-electron chi connectivity index (χ4n) is 4.22. The molecule has 1 aromatic heterocycles. The van der Waals surface area contributed by atoms with Crippen LogP contribution in [0.4, 0.5) is 9.18 Å². The fraction of sp³-hybridized carbons (Fsp3) is 0.478. The summed E-state index contributed by atoms with van der Waals surface area (Å²) in [5, 5.41) is 12.5. The number of aliphatic hydroxyl groups excluding tert-OH is 1. The fourth-order valence-corrected chi connectivity index (χ4v) is 4.34. The van der Waals surface area contributed by atoms with Crippen LogP contribution >= 0.6 is 11.6 Å². The van der Waals surface area contributed by atoms with E-state index in [-0.39, 0.29) is 17.7 Å². The van der Waals surface area contributed by atoms with Crippen LogP contribution in [0.25, 0.3) is 0 Å². The first-order valence-electron chi connectivity index (χ1n) is 10.7. The predicted octanol–water partition coefficient (Wildman–Crippen LogP) is 3.64. The SMILES string of the molecule is O=C(N[C@H](CO)c1ccc(Cl)c(F)c1)N1CCc2cnc(CC3CCOCC3)cc2C1. The van der Waals surface area contributed by atoms with Crippen molar-refractivity contribution in [1.29, 1.82) is 0 Å². The third-order valence-corrected chi connectivity index (χ3v) is 6.41. The van der Waals surface area contributed by atoms with Crippen molar-refractivity contribution >= 4 is 17.6 Å². The molecule has 6 nitrogen and oxygen atoms in total. The molecular formula is C23H27ClFN3O3. The van der Waals surface area contributed by atoms with E-state index in [0.29, 0.717) is 24.6 Å². The molecular weight excluding hydrogens is 421 g/mol. The molecule has 4 rings (SSSR count). The Morgan fingerprint density at radius 2 is 2.13 bits per heavy atom. The van der Waals surface area contributed by atoms with Gasteiger partial charge in [0.2, 0.25) is 0 Å². The molecule has 8 heteroatoms. The van der Waals surface area contributed by atoms with Gasteiger partial charge in [-0.05, 0) is 66.5 Å². The molecule has 2 amide bonds. The van der Waals surface area contributed by atoms with Gasteiger partial charge in [-0.2, -0.15) is 0 Å². The summed E-state index contributed by atoms with van der Waals surface area (Å²) in [6, 6.07) is 5.38. The van der Waals surface area contributed by atoms with E-state index < -0.39 is 11.9 Å². The molecule has 0 unspecified atom stereocenters. The molecule has 2 aromatic rings. The van der Waals surface area contributed by atoms with Crippen molar-refractivity contribution < 1.29 is 19.0 Å². The quantitative estimate of drug-likeness (QED) is 0.733. The van der Waals surface area contributed by atoms with Crippen LogP contribution in [-0.2, 0) is 24.1 Å². The maximum absolute atomic E-state index is 13.8. The van der Waals surface area contributed by atoms with Gasteiger partial charge in [-0.3, -0.25) is 4.98 Å². The van der Waals surface area contributed by atoms with Crippen molar-refractivity contribution in [1.82, 2.24) is 15.2 Å². The normalized spacial score (nSPS) is 17.8. The van der Waals surface area contributed by atoms with Crippen LogP contribution in [0.5, 0.6) is 0 Å². The number of amides is 2. The van der Waals surface area contributed by atoms with Gasteiger partial charge in [0, 0.05) is 38.2 Å². The van der Waals surface area contributed by atoms with E-state index in [2.05, 4.69) is 16.4 Å². The number of hydrogen-bond acceptors (Lipinski definition) is 4. The summed E-state index contributed by atoms with van der Waals surface area (Å²) in [5.41, 5.74) is 3.80. The zero-order valence-corrected chi connectivity index (χ0v) is 18.1. The summed E-state index contributed by atoms with van der Waals surface area (Å²) in [6.07, 6.45) is 5.71. The Kier molecular flexibility index (Phi) is 7.05. The molecule has 2 aliphatic heterocycles. The van der Waals surface area contributed by atoms with Gasteiger partial charge in [-0.1, -0.05) is 17.7 Å². The number of urea groups is 1. The van der Waals surface area contributed by atoms with Gasteiger partial charge in [0.05, 0.1) is 17.7 Å². The lowest BCUT2D eigenvalue weighted by Crippen LogP contribution is -2.44. The van der Waals surface area contributed by atoms with E-state index in [1.54, 1.807) is 11.0 Å². The van der Waals surface area contributed by atoms with Crippen molar-refractivity contribution in [3.8, 4) is 0 Å². The van der Waals surface area contributed by atoms with E-state index in [0.717, 1.165) is 50.2 Å². The Hall–Kier alpha value is -2.22. The molecule has 1 saturated heterocycles. The van der Waals surface area contributed by atoms with Gasteiger partial charge < -0.3 is 20.1 Å². The molecule has 1 aromatic carbocycles. The Morgan fingerprint density at radius 3 is 2.87 bits per heavy atom. The van der Waals surface area contributed by atoms with Crippen molar-refractivity contribution in [2.75, 3.05) is 26.4 Å². The van der Waals surface area contributed by atoms with E-state index in [4.69, 9.17) is 16.3 Å². The molecule has 0 radical (unpaired) electrons. The number of benzene rings is 1. The second-order valence-corrected chi connectivity index (χ2v) is 8.64. The summed E-state index contributed by atoms with van der Waals surface area (Å²) in [7, 11) is 0. The molecule has 0 spiro atoms. The van der Waals surface area contributed by atoms with E-state index in [1.165, 1.54) is 17.7 Å². The lowest BCUT2D eigenvalue weighted by Gasteiger charge is -2.31. The largest absolute Gasteiger partial charge is 0.394 e. The van der Waals surface area contributed by atoms with Crippen LogP contribution in [0.3, 0.4) is 0 Å². The van der Waals surface area contributed by atoms with Crippen molar-refractivity contribution in [2.24, 2.45) is 5.92 Å². The second-order valence-electron chi connectivity index (χ2n) is 8.23. The molecule has 31 heavy (non-hydrogen) atoms. The third kappa shape index (κ3) is 5.34. The van der Waals surface area contributed by atoms with Crippen LogP contribution < -0.4 is 5.32 Å². The zero-order chi connectivity index (χ0) is 21.8. The third-order valence-electron chi connectivity index (χ3n) is 6.10. The van der Waals surface area contributed by atoms with Gasteiger partial charge in [0.25, 0.3) is 0 Å². The Labute approximate surface area is 186 Å². The lowest BCUT2D eigenvalue weighted by molar-refractivity contribution is 0.0662. The number of nitrogens with one attached hydrogen (secondary N) is 1. The maximum atomic E-state index is 13.8. The number of rotatable bonds is 5. The maximum Gasteiger partial charge on any atom is 0.318 e. The van der Waals surface area contributed by atoms with Crippen LogP contribution in [-0.4, -0.2) is 47.4 Å². The van der Waals surface area contributed by atoms with Gasteiger partial charge in [0.15, 0.2) is 0 Å². The molecule has 2 aliphatic rings. The average Bonchev–Trinajstić information content (AvgIpc) is 2.79. The number of carbonyl (C=O) groups is 1. The molecule has 1 fully saturated rings. The first-order valence-corrected chi connectivity index (χ1v) is 11.1. The molecule has 3 heterocycles. The van der Waals surface area contributed by atoms with E-state index in [1.807, 2.05) is 6.20 Å². The van der Waals surface area contributed by atoms with E-state index in [9.17, 15) is 14.3 Å². The summed E-state index contributed by atoms with van der Waals surface area (Å²) in [5.74, 6) is 0.00991. The molecule has 0 aliphatic carbocycles. The summed E-state index contributed by atoms with van der Waals surface area (Å²) in [4.78, 5) is 19.2. The van der Waals surface area contributed by atoms with E-state index >= 15 is 0 Å². The number of fused-ring (bicyclic) bond motifs is 1. The predicted molar refractivity (Wildman–Crippen MR) is 115 cm³/mol. The molecule has 1 atom stereocenters. The Bertz CT molecular complexity index is 936. The molecule has 0 bridgehead atoms. The number of hydrogen-bond donors (Lipinski definition) is 2. The van der Waals surface area contributed by atoms with Gasteiger partial charge >= 0.3 is 6.03 Å². The number of pyridine rings is 1. The first-order chi connectivity index (χ1) is 15.0. The minimum Gasteiger partial charge on any atom is -0.394 e. The number of halogens is 2. The average molecular weight is 448 g/mol. The summed E-state index contributed by atoms with van der Waals surface area (Å²) >= 11 is 5.73. The van der Waals surface area contributed by atoms with Gasteiger partial charge in [-0.25, -0.2) is 9.18 Å². The number of nitrogens with zero attached hydrogens (tertiary/aromatic N) is 2. The molecule has 2 N–H and O–H groups in total. The standard InChI is InChI=1S/C23H27ClFN3O3/c24-20-2-1-16(11-21(20)25)22(14-29)27-23(30)28-6-3-17-12-26-19(10-18(17)13-28)9-15-4-7-31-8-5-15/h1-2,10-12,15,22,29H,3-9,13-14H2,(H,27,30)/t22-/m1/s1. The van der Waals surface area contributed by atoms with Crippen LogP contribution in [0.2, 0.25) is 5.02 Å². The highest BCUT2D eigenvalue weighted by Crippen LogP contribution is 2.24. The minimum atomic E-state index is -0.706. The van der Waals surface area contributed by atoms with Crippen LogP contribution in [0.1, 0.15) is 41.3 Å². The van der Waals surface area contributed by atoms with Crippen molar-refractivity contribution in [2.45, 2.75) is 38.3 Å². The van der Waals surface area contributed by atoms with Crippen LogP contribution in [0, 0.1) is 11.7 Å². The highest BCUT2D eigenvalue weighted by atomic mass is 35.5.